The fourth-order valence-electron chi connectivity index (χ4n) is 1.91. The number of phenols is 2. The molecule has 2 heterocycles. The lowest BCUT2D eigenvalue weighted by Gasteiger charge is -2.20. The molecule has 0 fully saturated rings. The number of alkyl halides is 1. The molecular weight excluding hydrogens is 283 g/mol. The predicted octanol–water partition coefficient (Wildman–Crippen LogP) is 3.31. The second-order valence-electron chi connectivity index (χ2n) is 4.47. The summed E-state index contributed by atoms with van der Waals surface area (Å²) in [6.07, 6.45) is 0. The van der Waals surface area contributed by atoms with Crippen molar-refractivity contribution in [3.05, 3.63) is 5.56 Å². The highest BCUT2D eigenvalue weighted by atomic mass is 35.5. The van der Waals surface area contributed by atoms with Gasteiger partial charge in [0.1, 0.15) is 0 Å². The summed E-state index contributed by atoms with van der Waals surface area (Å²) in [6, 6.07) is 0. The number of halogens is 1. The third kappa shape index (κ3) is 1.33. The summed E-state index contributed by atoms with van der Waals surface area (Å²) in [7, 11) is -3.72. The number of aromatic hydroxyl groups is 2. The Labute approximate surface area is 108 Å². The minimum Gasteiger partial charge on any atom is -0.504 e. The number of phosphoric ester groups is 1. The van der Waals surface area contributed by atoms with Crippen LogP contribution in [-0.2, 0) is 4.57 Å². The van der Waals surface area contributed by atoms with Crippen LogP contribution in [0.25, 0.3) is 0 Å². The van der Waals surface area contributed by atoms with E-state index in [1.807, 2.05) is 13.8 Å². The van der Waals surface area contributed by atoms with Gasteiger partial charge in [-0.2, -0.15) is 4.57 Å². The maximum atomic E-state index is 11.8. The van der Waals surface area contributed by atoms with Crippen LogP contribution in [0.3, 0.4) is 0 Å². The van der Waals surface area contributed by atoms with Crippen molar-refractivity contribution in [1.82, 2.24) is 0 Å². The Kier molecular flexibility index (Phi) is 2.23. The number of fused-ring (bicyclic) bond motifs is 1. The van der Waals surface area contributed by atoms with Crippen LogP contribution in [0.15, 0.2) is 0 Å². The molecule has 0 saturated heterocycles. The average molecular weight is 293 g/mol. The molecule has 6 nitrogen and oxygen atoms in total. The molecule has 0 aromatic heterocycles. The van der Waals surface area contributed by atoms with Crippen molar-refractivity contribution in [3.63, 3.8) is 0 Å². The Bertz CT molecular complexity index is 599. The maximum absolute atomic E-state index is 11.8. The number of phenolic OH excluding ortho intramolecular Hbond substituents is 2. The van der Waals surface area contributed by atoms with Crippen molar-refractivity contribution >= 4 is 19.4 Å². The molecule has 0 amide bonds. The molecule has 0 spiro atoms. The van der Waals surface area contributed by atoms with Gasteiger partial charge in [0.2, 0.25) is 17.2 Å². The Balaban J connectivity index is 2.28. The number of benzene rings is 1. The van der Waals surface area contributed by atoms with Gasteiger partial charge in [-0.25, -0.2) is 0 Å². The highest BCUT2D eigenvalue weighted by Crippen LogP contribution is 2.74. The van der Waals surface area contributed by atoms with Gasteiger partial charge < -0.3 is 23.8 Å². The van der Waals surface area contributed by atoms with Crippen LogP contribution in [0.1, 0.15) is 24.8 Å². The fraction of sp³-hybridized carbons (Fsp3) is 0.400. The summed E-state index contributed by atoms with van der Waals surface area (Å²) in [4.78, 5) is 0. The van der Waals surface area contributed by atoms with E-state index in [0.717, 1.165) is 0 Å². The van der Waals surface area contributed by atoms with Gasteiger partial charge in [-0.3, -0.25) is 0 Å². The highest BCUT2D eigenvalue weighted by Gasteiger charge is 2.54. The van der Waals surface area contributed by atoms with Gasteiger partial charge in [0.25, 0.3) is 0 Å². The molecule has 2 unspecified atom stereocenters. The lowest BCUT2D eigenvalue weighted by Crippen LogP contribution is -2.05. The molecule has 2 aliphatic rings. The Morgan fingerprint density at radius 1 is 1.06 bits per heavy atom. The molecular formula is C10H10ClO6P. The SMILES string of the molecule is CC(C)C(Cl)c1c(O)c(O)c2c3c1OP(=O)(O2)O3. The number of hydrogen-bond acceptors (Lipinski definition) is 6. The summed E-state index contributed by atoms with van der Waals surface area (Å²) < 4.78 is 26.7. The largest absolute Gasteiger partial charge is 0.647 e. The third-order valence-corrected chi connectivity index (χ3v) is 4.76. The first-order valence-corrected chi connectivity index (χ1v) is 7.18. The first kappa shape index (κ1) is 11.8. The Morgan fingerprint density at radius 2 is 1.61 bits per heavy atom. The molecule has 98 valence electrons. The monoisotopic (exact) mass is 292 g/mol. The van der Waals surface area contributed by atoms with E-state index < -0.39 is 24.7 Å². The van der Waals surface area contributed by atoms with Crippen LogP contribution in [0.5, 0.6) is 28.7 Å². The Morgan fingerprint density at radius 3 is 2.17 bits per heavy atom. The van der Waals surface area contributed by atoms with E-state index in [1.54, 1.807) is 0 Å². The van der Waals surface area contributed by atoms with Crippen molar-refractivity contribution < 1.29 is 28.3 Å². The van der Waals surface area contributed by atoms with E-state index >= 15 is 0 Å². The van der Waals surface area contributed by atoms with Crippen LogP contribution in [0, 0.1) is 5.92 Å². The standard InChI is InChI=1S/C10H10ClO6P/c1-3(2)5(11)4-6(12)7(13)9-10-8(4)15-18(14,16-9)17-10/h3,5,12-13H,1-2H3. The topological polar surface area (TPSA) is 85.2 Å². The predicted molar refractivity (Wildman–Crippen MR) is 62.7 cm³/mol. The zero-order valence-corrected chi connectivity index (χ0v) is 11.2. The van der Waals surface area contributed by atoms with E-state index in [1.165, 1.54) is 0 Å². The summed E-state index contributed by atoms with van der Waals surface area (Å²) in [5.74, 6) is -1.03. The average Bonchev–Trinajstić information content (AvgIpc) is 2.79. The summed E-state index contributed by atoms with van der Waals surface area (Å²) in [5.41, 5.74) is 0.170. The molecule has 0 radical (unpaired) electrons. The molecule has 1 aromatic rings. The van der Waals surface area contributed by atoms with E-state index in [4.69, 9.17) is 25.2 Å². The van der Waals surface area contributed by atoms with Crippen molar-refractivity contribution in [1.29, 1.82) is 0 Å². The quantitative estimate of drug-likeness (QED) is 0.494. The molecule has 2 aliphatic heterocycles. The summed E-state index contributed by atoms with van der Waals surface area (Å²) >= 11 is 6.18. The third-order valence-electron chi connectivity index (χ3n) is 2.82. The van der Waals surface area contributed by atoms with Crippen molar-refractivity contribution in [2.75, 3.05) is 0 Å². The lowest BCUT2D eigenvalue weighted by molar-refractivity contribution is 0.330. The van der Waals surface area contributed by atoms with Gasteiger partial charge >= 0.3 is 7.82 Å². The number of hydrogen-bond donors (Lipinski definition) is 2. The van der Waals surface area contributed by atoms with Crippen molar-refractivity contribution in [3.8, 4) is 28.7 Å². The maximum Gasteiger partial charge on any atom is 0.647 e. The van der Waals surface area contributed by atoms with E-state index in [-0.39, 0.29) is 28.7 Å². The van der Waals surface area contributed by atoms with Crippen molar-refractivity contribution in [2.45, 2.75) is 19.2 Å². The highest BCUT2D eigenvalue weighted by molar-refractivity contribution is 7.50. The minimum absolute atomic E-state index is 0.0316. The fourth-order valence-corrected chi connectivity index (χ4v) is 3.42. The van der Waals surface area contributed by atoms with Gasteiger partial charge in [-0.05, 0) is 5.92 Å². The summed E-state index contributed by atoms with van der Waals surface area (Å²) in [6.45, 7) is 3.68. The molecule has 0 saturated carbocycles. The smallest absolute Gasteiger partial charge is 0.504 e. The normalized spacial score (nSPS) is 24.7. The van der Waals surface area contributed by atoms with Crippen LogP contribution < -0.4 is 13.6 Å². The molecule has 2 atom stereocenters. The van der Waals surface area contributed by atoms with Crippen molar-refractivity contribution in [2.24, 2.45) is 5.92 Å². The molecule has 1 aromatic carbocycles. The minimum atomic E-state index is -3.72. The van der Waals surface area contributed by atoms with Gasteiger partial charge in [0.05, 0.1) is 10.9 Å². The second kappa shape index (κ2) is 3.39. The molecule has 0 aliphatic carbocycles. The van der Waals surface area contributed by atoms with Crippen LogP contribution >= 0.6 is 19.4 Å². The Hall–Kier alpha value is -1.26. The van der Waals surface area contributed by atoms with E-state index in [0.29, 0.717) is 0 Å². The molecule has 18 heavy (non-hydrogen) atoms. The second-order valence-corrected chi connectivity index (χ2v) is 6.38. The molecule has 3 rings (SSSR count). The first-order valence-electron chi connectivity index (χ1n) is 5.28. The van der Waals surface area contributed by atoms with Gasteiger partial charge in [-0.15, -0.1) is 11.6 Å². The number of rotatable bonds is 2. The van der Waals surface area contributed by atoms with Crippen LogP contribution in [0.4, 0.5) is 0 Å². The lowest BCUT2D eigenvalue weighted by atomic mass is 9.99. The summed E-state index contributed by atoms with van der Waals surface area (Å²) in [5, 5.41) is 19.1. The van der Waals surface area contributed by atoms with Crippen LogP contribution in [0.2, 0.25) is 0 Å². The van der Waals surface area contributed by atoms with E-state index in [9.17, 15) is 14.8 Å². The number of phosphoric acid groups is 1. The molecule has 2 N–H and O–H groups in total. The molecule has 8 heteroatoms. The molecule has 2 bridgehead atoms. The van der Waals surface area contributed by atoms with Gasteiger partial charge in [-0.1, -0.05) is 13.8 Å². The first-order chi connectivity index (χ1) is 8.34. The van der Waals surface area contributed by atoms with Crippen LogP contribution in [-0.4, -0.2) is 10.2 Å². The van der Waals surface area contributed by atoms with Gasteiger partial charge in [0.15, 0.2) is 11.5 Å². The van der Waals surface area contributed by atoms with Gasteiger partial charge in [0, 0.05) is 0 Å². The van der Waals surface area contributed by atoms with E-state index in [2.05, 4.69) is 0 Å². The zero-order valence-electron chi connectivity index (χ0n) is 9.51. The zero-order chi connectivity index (χ0) is 13.2.